The van der Waals surface area contributed by atoms with Gasteiger partial charge in [0.05, 0.1) is 43.2 Å². The summed E-state index contributed by atoms with van der Waals surface area (Å²) in [5, 5.41) is 14.7. The zero-order valence-corrected chi connectivity index (χ0v) is 27.7. The van der Waals surface area contributed by atoms with E-state index in [1.54, 1.807) is 24.9 Å². The van der Waals surface area contributed by atoms with Gasteiger partial charge in [0.1, 0.15) is 11.9 Å². The van der Waals surface area contributed by atoms with E-state index in [4.69, 9.17) is 9.47 Å². The van der Waals surface area contributed by atoms with Crippen molar-refractivity contribution in [2.45, 2.75) is 89.6 Å². The first-order valence-corrected chi connectivity index (χ1v) is 15.9. The molecule has 7 atom stereocenters. The van der Waals surface area contributed by atoms with Crippen LogP contribution in [0.25, 0.3) is 0 Å². The molecule has 1 saturated carbocycles. The van der Waals surface area contributed by atoms with Gasteiger partial charge in [0.25, 0.3) is 0 Å². The van der Waals surface area contributed by atoms with Gasteiger partial charge in [-0.15, -0.1) is 0 Å². The molecule has 2 fully saturated rings. The van der Waals surface area contributed by atoms with Gasteiger partial charge in [0.15, 0.2) is 0 Å². The van der Waals surface area contributed by atoms with Crippen molar-refractivity contribution in [3.63, 3.8) is 0 Å². The summed E-state index contributed by atoms with van der Waals surface area (Å²) in [7, 11) is 4.61. The molecule has 1 aromatic carbocycles. The SMILES string of the molecule is CCC(C)C(C(CC(=O)N1CC2(CC2)CC1C(OC)C(C)C(=O)NC(Cc1ccccc1F)C(=O)O)OC)N(C)C(=O)CNC=O. The van der Waals surface area contributed by atoms with Crippen LogP contribution in [0.4, 0.5) is 4.39 Å². The number of amides is 4. The Morgan fingerprint density at radius 3 is 2.39 bits per heavy atom. The topological polar surface area (TPSA) is 155 Å². The van der Waals surface area contributed by atoms with E-state index in [0.29, 0.717) is 19.4 Å². The zero-order valence-electron chi connectivity index (χ0n) is 27.7. The molecular formula is C33H49FN4O8. The molecule has 1 saturated heterocycles. The van der Waals surface area contributed by atoms with Crippen molar-refractivity contribution >= 4 is 30.1 Å². The number of likely N-dealkylation sites (tertiary alicyclic amines) is 1. The highest BCUT2D eigenvalue weighted by molar-refractivity contribution is 5.86. The van der Waals surface area contributed by atoms with Crippen molar-refractivity contribution in [2.24, 2.45) is 17.3 Å². The number of carbonyl (C=O) groups is 5. The summed E-state index contributed by atoms with van der Waals surface area (Å²) in [6.45, 7) is 5.93. The summed E-state index contributed by atoms with van der Waals surface area (Å²) in [6, 6.07) is 3.56. The summed E-state index contributed by atoms with van der Waals surface area (Å²) >= 11 is 0. The molecule has 256 valence electrons. The Morgan fingerprint density at radius 1 is 1.17 bits per heavy atom. The number of carboxylic acids is 1. The normalized spacial score (nSPS) is 20.6. The molecule has 0 aromatic heterocycles. The molecule has 46 heavy (non-hydrogen) atoms. The van der Waals surface area contributed by atoms with Crippen LogP contribution >= 0.6 is 0 Å². The number of carbonyl (C=O) groups excluding carboxylic acids is 4. The number of aliphatic carboxylic acids is 1. The second-order valence-electron chi connectivity index (χ2n) is 12.8. The van der Waals surface area contributed by atoms with E-state index in [-0.39, 0.29) is 48.1 Å². The molecule has 2 aliphatic rings. The Labute approximate surface area is 270 Å². The lowest BCUT2D eigenvalue weighted by Crippen LogP contribution is -2.54. The van der Waals surface area contributed by atoms with Crippen LogP contribution in [0.5, 0.6) is 0 Å². The maximum atomic E-state index is 14.3. The third-order valence-corrected chi connectivity index (χ3v) is 9.84. The fourth-order valence-electron chi connectivity index (χ4n) is 6.73. The first-order chi connectivity index (χ1) is 21.8. The Bertz CT molecular complexity index is 1240. The molecule has 1 spiro atoms. The molecule has 1 aliphatic carbocycles. The number of benzene rings is 1. The van der Waals surface area contributed by atoms with Crippen molar-refractivity contribution in [2.75, 3.05) is 34.4 Å². The van der Waals surface area contributed by atoms with Gasteiger partial charge < -0.3 is 35.0 Å². The molecule has 3 N–H and O–H groups in total. The number of carboxylic acid groups (broad SMARTS) is 1. The molecule has 1 heterocycles. The molecule has 4 amide bonds. The van der Waals surface area contributed by atoms with Gasteiger partial charge in [-0.25, -0.2) is 9.18 Å². The van der Waals surface area contributed by atoms with Crippen molar-refractivity contribution < 1.29 is 42.9 Å². The van der Waals surface area contributed by atoms with E-state index < -0.39 is 53.9 Å². The number of methoxy groups -OCH3 is 2. The van der Waals surface area contributed by atoms with E-state index >= 15 is 0 Å². The van der Waals surface area contributed by atoms with Gasteiger partial charge in [-0.3, -0.25) is 19.2 Å². The maximum absolute atomic E-state index is 14.3. The number of ether oxygens (including phenoxy) is 2. The summed E-state index contributed by atoms with van der Waals surface area (Å²) in [5.74, 6) is -3.78. The van der Waals surface area contributed by atoms with E-state index in [0.717, 1.165) is 19.3 Å². The minimum Gasteiger partial charge on any atom is -0.480 e. The summed E-state index contributed by atoms with van der Waals surface area (Å²) in [5.41, 5.74) is 0.110. The zero-order chi connectivity index (χ0) is 34.2. The van der Waals surface area contributed by atoms with Crippen molar-refractivity contribution in [3.8, 4) is 0 Å². The number of hydrogen-bond acceptors (Lipinski definition) is 7. The van der Waals surface area contributed by atoms with Gasteiger partial charge in [-0.05, 0) is 42.2 Å². The maximum Gasteiger partial charge on any atom is 0.326 e. The predicted molar refractivity (Wildman–Crippen MR) is 167 cm³/mol. The molecule has 1 aliphatic heterocycles. The summed E-state index contributed by atoms with van der Waals surface area (Å²) in [4.78, 5) is 66.4. The molecule has 0 radical (unpaired) electrons. The number of hydrogen-bond donors (Lipinski definition) is 3. The second kappa shape index (κ2) is 16.3. The molecule has 12 nitrogen and oxygen atoms in total. The Hall–Kier alpha value is -3.58. The lowest BCUT2D eigenvalue weighted by atomic mass is 9.90. The number of nitrogens with one attached hydrogen (secondary N) is 2. The predicted octanol–water partition coefficient (Wildman–Crippen LogP) is 1.99. The van der Waals surface area contributed by atoms with Gasteiger partial charge in [-0.2, -0.15) is 0 Å². The lowest BCUT2D eigenvalue weighted by molar-refractivity contribution is -0.147. The Balaban J connectivity index is 1.79. The Kier molecular flexibility index (Phi) is 13.1. The van der Waals surface area contributed by atoms with Gasteiger partial charge >= 0.3 is 5.97 Å². The summed E-state index contributed by atoms with van der Waals surface area (Å²) in [6.07, 6.45) is 2.08. The highest BCUT2D eigenvalue weighted by atomic mass is 19.1. The van der Waals surface area contributed by atoms with Crippen LogP contribution in [0.3, 0.4) is 0 Å². The van der Waals surface area contributed by atoms with Crippen LogP contribution in [0, 0.1) is 23.1 Å². The van der Waals surface area contributed by atoms with Gasteiger partial charge in [-0.1, -0.05) is 45.4 Å². The molecule has 7 unspecified atom stereocenters. The average molecular weight is 649 g/mol. The average Bonchev–Trinajstić information content (AvgIpc) is 3.69. The smallest absolute Gasteiger partial charge is 0.326 e. The third kappa shape index (κ3) is 8.81. The third-order valence-electron chi connectivity index (χ3n) is 9.84. The van der Waals surface area contributed by atoms with Crippen LogP contribution in [0.15, 0.2) is 24.3 Å². The fourth-order valence-corrected chi connectivity index (χ4v) is 6.73. The largest absolute Gasteiger partial charge is 0.480 e. The van der Waals surface area contributed by atoms with Crippen LogP contribution in [-0.2, 0) is 39.9 Å². The molecule has 3 rings (SSSR count). The highest BCUT2D eigenvalue weighted by Gasteiger charge is 2.56. The first kappa shape index (κ1) is 36.9. The molecule has 13 heteroatoms. The first-order valence-electron chi connectivity index (χ1n) is 15.9. The fraction of sp³-hybridized carbons (Fsp3) is 0.667. The Morgan fingerprint density at radius 2 is 1.85 bits per heavy atom. The second-order valence-corrected chi connectivity index (χ2v) is 12.8. The van der Waals surface area contributed by atoms with Gasteiger partial charge in [0.2, 0.25) is 24.1 Å². The number of halogens is 1. The number of nitrogens with zero attached hydrogens (tertiary/aromatic N) is 2. The van der Waals surface area contributed by atoms with Crippen LogP contribution in [0.1, 0.15) is 58.4 Å². The monoisotopic (exact) mass is 648 g/mol. The van der Waals surface area contributed by atoms with Crippen molar-refractivity contribution in [1.82, 2.24) is 20.4 Å². The lowest BCUT2D eigenvalue weighted by Gasteiger charge is -2.39. The van der Waals surface area contributed by atoms with E-state index in [2.05, 4.69) is 10.6 Å². The van der Waals surface area contributed by atoms with E-state index in [1.807, 2.05) is 13.8 Å². The number of rotatable bonds is 18. The van der Waals surface area contributed by atoms with Crippen LogP contribution in [0.2, 0.25) is 0 Å². The quantitative estimate of drug-likeness (QED) is 0.204. The minimum absolute atomic E-state index is 0.0163. The summed E-state index contributed by atoms with van der Waals surface area (Å²) < 4.78 is 25.9. The van der Waals surface area contributed by atoms with Crippen LogP contribution in [-0.4, -0.2) is 110 Å². The minimum atomic E-state index is -1.36. The van der Waals surface area contributed by atoms with Crippen LogP contribution < -0.4 is 10.6 Å². The van der Waals surface area contributed by atoms with E-state index in [9.17, 15) is 33.5 Å². The molecule has 0 bridgehead atoms. The van der Waals surface area contributed by atoms with E-state index in [1.165, 1.54) is 37.3 Å². The van der Waals surface area contributed by atoms with Crippen molar-refractivity contribution in [3.05, 3.63) is 35.6 Å². The van der Waals surface area contributed by atoms with Gasteiger partial charge in [0, 0.05) is 34.2 Å². The number of likely N-dealkylation sites (N-methyl/N-ethyl adjacent to an activating group) is 1. The highest BCUT2D eigenvalue weighted by Crippen LogP contribution is 2.56. The molecular weight excluding hydrogens is 599 g/mol. The standard InChI is InChI=1S/C33H49FN4O8/c1-7-20(2)29(37(4)28(41)17-35-19-39)26(45-5)15-27(40)38-18-33(12-13-33)16-25(38)30(46-6)21(3)31(42)36-24(32(43)44)14-22-10-8-9-11-23(22)34/h8-11,19-21,24-26,29-30H,7,12-18H2,1-6H3,(H,35,39)(H,36,42)(H,43,44). The molecule has 1 aromatic rings. The van der Waals surface area contributed by atoms with Crippen molar-refractivity contribution in [1.29, 1.82) is 0 Å².